The molecule has 2 aliphatic rings. The zero-order valence-electron chi connectivity index (χ0n) is 9.79. The van der Waals surface area contributed by atoms with Gasteiger partial charge in [0.05, 0.1) is 6.10 Å². The molecule has 0 spiro atoms. The molecule has 1 aliphatic heterocycles. The summed E-state index contributed by atoms with van der Waals surface area (Å²) in [7, 11) is 0. The molecule has 2 rings (SSSR count). The molecule has 1 heterocycles. The fourth-order valence-corrected chi connectivity index (χ4v) is 3.65. The molecular weight excluding hydrogens is 248 g/mol. The minimum Gasteiger partial charge on any atom is -0.393 e. The van der Waals surface area contributed by atoms with Crippen molar-refractivity contribution in [2.75, 3.05) is 13.1 Å². The lowest BCUT2D eigenvalue weighted by Gasteiger charge is -2.41. The Morgan fingerprint density at radius 3 is 2.41 bits per heavy atom. The van der Waals surface area contributed by atoms with Crippen molar-refractivity contribution in [2.24, 2.45) is 17.8 Å². The van der Waals surface area contributed by atoms with Gasteiger partial charge in [-0.05, 0) is 50.6 Å². The highest BCUT2D eigenvalue weighted by Crippen LogP contribution is 2.41. The largest absolute Gasteiger partial charge is 0.393 e. The van der Waals surface area contributed by atoms with Gasteiger partial charge >= 0.3 is 0 Å². The number of hydrogen-bond acceptors (Lipinski definition) is 2. The summed E-state index contributed by atoms with van der Waals surface area (Å²) in [5, 5.41) is 12.8. The molecule has 0 bridgehead atoms. The average Bonchev–Trinajstić information content (AvgIpc) is 2.32. The average molecular weight is 268 g/mol. The van der Waals surface area contributed by atoms with Crippen molar-refractivity contribution >= 4 is 11.6 Å². The molecule has 1 aliphatic carbocycles. The molecule has 1 saturated heterocycles. The maximum atomic E-state index is 12.7. The highest BCUT2D eigenvalue weighted by atomic mass is 35.5. The van der Waals surface area contributed by atoms with Crippen molar-refractivity contribution in [3.63, 3.8) is 0 Å². The summed E-state index contributed by atoms with van der Waals surface area (Å²) >= 11 is 6.05. The van der Waals surface area contributed by atoms with Gasteiger partial charge in [0, 0.05) is 11.3 Å². The Balaban J connectivity index is 1.96. The third kappa shape index (κ3) is 3.09. The van der Waals surface area contributed by atoms with E-state index in [2.05, 4.69) is 5.32 Å². The smallest absolute Gasteiger partial charge is 0.242 e. The number of alkyl halides is 3. The van der Waals surface area contributed by atoms with Crippen LogP contribution in [0.15, 0.2) is 0 Å². The lowest BCUT2D eigenvalue weighted by atomic mass is 9.71. The van der Waals surface area contributed by atoms with Crippen LogP contribution in [0.25, 0.3) is 0 Å². The molecule has 4 unspecified atom stereocenters. The van der Waals surface area contributed by atoms with Crippen LogP contribution >= 0.6 is 11.6 Å². The predicted molar refractivity (Wildman–Crippen MR) is 63.5 cm³/mol. The van der Waals surface area contributed by atoms with Crippen LogP contribution in [0.4, 0.5) is 8.78 Å². The van der Waals surface area contributed by atoms with Gasteiger partial charge in [0.15, 0.2) is 0 Å². The van der Waals surface area contributed by atoms with E-state index in [4.69, 9.17) is 11.6 Å². The molecule has 0 amide bonds. The Bertz CT molecular complexity index is 249. The van der Waals surface area contributed by atoms with Gasteiger partial charge in [-0.1, -0.05) is 0 Å². The number of piperidine rings is 1. The molecule has 0 aromatic rings. The highest BCUT2D eigenvalue weighted by molar-refractivity contribution is 6.20. The van der Waals surface area contributed by atoms with Gasteiger partial charge in [-0.25, -0.2) is 8.78 Å². The topological polar surface area (TPSA) is 32.3 Å². The van der Waals surface area contributed by atoms with E-state index in [1.54, 1.807) is 0 Å². The first-order valence-electron chi connectivity index (χ1n) is 6.40. The molecule has 1 saturated carbocycles. The van der Waals surface area contributed by atoms with Gasteiger partial charge in [0.2, 0.25) is 6.43 Å². The fourth-order valence-electron chi connectivity index (χ4n) is 3.23. The first-order chi connectivity index (χ1) is 8.09. The van der Waals surface area contributed by atoms with Crippen LogP contribution in [0.2, 0.25) is 0 Å². The third-order valence-corrected chi connectivity index (χ3v) is 4.78. The Hall–Kier alpha value is 0.0700. The summed E-state index contributed by atoms with van der Waals surface area (Å²) in [6.45, 7) is 1.91. The van der Waals surface area contributed by atoms with Crippen molar-refractivity contribution in [1.29, 1.82) is 0 Å². The lowest BCUT2D eigenvalue weighted by molar-refractivity contribution is -0.0347. The fraction of sp³-hybridized carbons (Fsp3) is 1.00. The van der Waals surface area contributed by atoms with E-state index >= 15 is 0 Å². The van der Waals surface area contributed by atoms with Crippen LogP contribution in [0.3, 0.4) is 0 Å². The summed E-state index contributed by atoms with van der Waals surface area (Å²) in [5.41, 5.74) is 0. The van der Waals surface area contributed by atoms with E-state index in [9.17, 15) is 13.9 Å². The second-order valence-corrected chi connectivity index (χ2v) is 5.86. The van der Waals surface area contributed by atoms with E-state index < -0.39 is 23.8 Å². The number of rotatable bonds is 2. The molecule has 0 radical (unpaired) electrons. The molecule has 2 fully saturated rings. The highest BCUT2D eigenvalue weighted by Gasteiger charge is 2.42. The molecule has 4 atom stereocenters. The van der Waals surface area contributed by atoms with Crippen molar-refractivity contribution in [3.05, 3.63) is 0 Å². The van der Waals surface area contributed by atoms with Crippen LogP contribution in [-0.2, 0) is 0 Å². The lowest BCUT2D eigenvalue weighted by Crippen LogP contribution is -2.44. The van der Waals surface area contributed by atoms with Crippen molar-refractivity contribution in [3.8, 4) is 0 Å². The summed E-state index contributed by atoms with van der Waals surface area (Å²) in [6, 6.07) is 0. The van der Waals surface area contributed by atoms with E-state index in [1.165, 1.54) is 0 Å². The van der Waals surface area contributed by atoms with Crippen LogP contribution in [0.1, 0.15) is 25.7 Å². The van der Waals surface area contributed by atoms with Gasteiger partial charge < -0.3 is 10.4 Å². The summed E-state index contributed by atoms with van der Waals surface area (Å²) < 4.78 is 25.4. The van der Waals surface area contributed by atoms with Gasteiger partial charge in [-0.2, -0.15) is 0 Å². The number of halogens is 3. The molecule has 0 aromatic heterocycles. The molecule has 2 nitrogen and oxygen atoms in total. The third-order valence-electron chi connectivity index (χ3n) is 4.28. The number of nitrogens with one attached hydrogen (secondary N) is 1. The maximum absolute atomic E-state index is 12.7. The van der Waals surface area contributed by atoms with Gasteiger partial charge in [0.1, 0.15) is 0 Å². The van der Waals surface area contributed by atoms with E-state index in [0.717, 1.165) is 25.9 Å². The molecule has 100 valence electrons. The van der Waals surface area contributed by atoms with Crippen LogP contribution in [0, 0.1) is 17.8 Å². The number of hydrogen-bond donors (Lipinski definition) is 2. The Morgan fingerprint density at radius 1 is 1.18 bits per heavy atom. The normalized spacial score (nSPS) is 40.8. The SMILES string of the molecule is OC1CC(C(F)F)C(Cl)CC1C1CCNCC1. The van der Waals surface area contributed by atoms with Gasteiger partial charge in [0.25, 0.3) is 0 Å². The zero-order chi connectivity index (χ0) is 12.4. The van der Waals surface area contributed by atoms with Crippen molar-refractivity contribution in [2.45, 2.75) is 43.6 Å². The summed E-state index contributed by atoms with van der Waals surface area (Å²) in [5.74, 6) is -0.301. The van der Waals surface area contributed by atoms with E-state index in [-0.39, 0.29) is 12.3 Å². The van der Waals surface area contributed by atoms with Crippen LogP contribution in [0.5, 0.6) is 0 Å². The van der Waals surface area contributed by atoms with Gasteiger partial charge in [-0.15, -0.1) is 11.6 Å². The molecule has 2 N–H and O–H groups in total. The zero-order valence-corrected chi connectivity index (χ0v) is 10.5. The summed E-state index contributed by atoms with van der Waals surface area (Å²) in [6.07, 6.45) is -0.300. The molecular formula is C12H20ClF2NO. The Morgan fingerprint density at radius 2 is 1.82 bits per heavy atom. The Kier molecular flexibility index (Phi) is 4.61. The monoisotopic (exact) mass is 267 g/mol. The Labute approximate surface area is 106 Å². The van der Waals surface area contributed by atoms with E-state index in [0.29, 0.717) is 12.3 Å². The molecule has 5 heteroatoms. The molecule has 17 heavy (non-hydrogen) atoms. The molecule has 0 aromatic carbocycles. The second kappa shape index (κ2) is 5.81. The second-order valence-electron chi connectivity index (χ2n) is 5.30. The minimum atomic E-state index is -2.42. The standard InChI is InChI=1S/C12H20ClF2NO/c13-10-5-8(7-1-3-16-4-2-7)11(17)6-9(10)12(14)15/h7-12,16-17H,1-6H2. The quantitative estimate of drug-likeness (QED) is 0.752. The minimum absolute atomic E-state index is 0.106. The predicted octanol–water partition coefficient (Wildman–Crippen LogP) is 2.25. The van der Waals surface area contributed by atoms with Crippen molar-refractivity contribution in [1.82, 2.24) is 5.32 Å². The number of aliphatic hydroxyl groups excluding tert-OH is 1. The maximum Gasteiger partial charge on any atom is 0.242 e. The van der Waals surface area contributed by atoms with Crippen molar-refractivity contribution < 1.29 is 13.9 Å². The first kappa shape index (κ1) is 13.5. The van der Waals surface area contributed by atoms with E-state index in [1.807, 2.05) is 0 Å². The first-order valence-corrected chi connectivity index (χ1v) is 6.84. The summed E-state index contributed by atoms with van der Waals surface area (Å²) in [4.78, 5) is 0. The van der Waals surface area contributed by atoms with Crippen LogP contribution < -0.4 is 5.32 Å². The van der Waals surface area contributed by atoms with Gasteiger partial charge in [-0.3, -0.25) is 0 Å². The number of aliphatic hydroxyl groups is 1. The van der Waals surface area contributed by atoms with Crippen LogP contribution in [-0.4, -0.2) is 36.1 Å².